The summed E-state index contributed by atoms with van der Waals surface area (Å²) in [6.45, 7) is 0. The molecule has 104 valence electrons. The van der Waals surface area contributed by atoms with E-state index in [4.69, 9.17) is 0 Å². The maximum Gasteiger partial charge on any atom is 0.127 e. The average molecular weight is 302 g/mol. The Morgan fingerprint density at radius 3 is 1.90 bits per heavy atom. The van der Waals surface area contributed by atoms with Gasteiger partial charge in [-0.3, -0.25) is 0 Å². The van der Waals surface area contributed by atoms with E-state index < -0.39 is 5.60 Å². The summed E-state index contributed by atoms with van der Waals surface area (Å²) in [6, 6.07) is 20.1. The van der Waals surface area contributed by atoms with Gasteiger partial charge in [-0.15, -0.1) is 0 Å². The summed E-state index contributed by atoms with van der Waals surface area (Å²) >= 11 is 0. The molecule has 0 saturated carbocycles. The summed E-state index contributed by atoms with van der Waals surface area (Å²) in [7, 11) is 3.70. The fourth-order valence-electron chi connectivity index (χ4n) is 2.71. The molecule has 3 rings (SSSR count). The maximum absolute atomic E-state index is 11.5. The van der Waals surface area contributed by atoms with Gasteiger partial charge in [0.1, 0.15) is 5.60 Å². The van der Waals surface area contributed by atoms with Crippen LogP contribution in [-0.4, -0.2) is 16.1 Å². The van der Waals surface area contributed by atoms with E-state index in [-0.39, 0.29) is 5.25 Å². The molecular formula is C17H18OS2. The second kappa shape index (κ2) is 6.25. The van der Waals surface area contributed by atoms with Crippen molar-refractivity contribution in [2.45, 2.75) is 23.7 Å². The second-order valence-electron chi connectivity index (χ2n) is 5.05. The predicted molar refractivity (Wildman–Crippen MR) is 89.0 cm³/mol. The molecule has 0 aromatic heterocycles. The first-order valence-corrected chi connectivity index (χ1v) is 9.32. The molecule has 0 bridgehead atoms. The van der Waals surface area contributed by atoms with Gasteiger partial charge < -0.3 is 5.11 Å². The first kappa shape index (κ1) is 14.1. The van der Waals surface area contributed by atoms with Crippen LogP contribution >= 0.6 is 21.6 Å². The van der Waals surface area contributed by atoms with Crippen LogP contribution in [-0.2, 0) is 5.60 Å². The zero-order chi connectivity index (χ0) is 13.8. The first-order chi connectivity index (χ1) is 9.82. The summed E-state index contributed by atoms with van der Waals surface area (Å²) in [5.74, 6) is 1.18. The molecule has 2 aromatic carbocycles. The monoisotopic (exact) mass is 302 g/mol. The van der Waals surface area contributed by atoms with Crippen molar-refractivity contribution >= 4 is 21.6 Å². The number of rotatable bonds is 3. The Bertz CT molecular complexity index is 496. The lowest BCUT2D eigenvalue weighted by molar-refractivity contribution is 0.0754. The highest BCUT2D eigenvalue weighted by Crippen LogP contribution is 2.47. The van der Waals surface area contributed by atoms with Crippen molar-refractivity contribution in [3.63, 3.8) is 0 Å². The molecule has 1 aliphatic rings. The van der Waals surface area contributed by atoms with E-state index in [1.54, 1.807) is 0 Å². The molecule has 1 aliphatic heterocycles. The van der Waals surface area contributed by atoms with Gasteiger partial charge in [-0.05, 0) is 24.0 Å². The van der Waals surface area contributed by atoms with Crippen LogP contribution in [0.1, 0.15) is 24.0 Å². The smallest absolute Gasteiger partial charge is 0.127 e. The van der Waals surface area contributed by atoms with Gasteiger partial charge in [0.05, 0.1) is 5.25 Å². The highest BCUT2D eigenvalue weighted by atomic mass is 33.1. The normalized spacial score (nSPS) is 19.8. The Hall–Kier alpha value is -0.900. The quantitative estimate of drug-likeness (QED) is 0.845. The lowest BCUT2D eigenvalue weighted by Crippen LogP contribution is -2.39. The van der Waals surface area contributed by atoms with Crippen molar-refractivity contribution in [1.29, 1.82) is 0 Å². The predicted octanol–water partition coefficient (Wildman–Crippen LogP) is 4.47. The lowest BCUT2D eigenvalue weighted by atomic mass is 9.82. The van der Waals surface area contributed by atoms with Crippen LogP contribution < -0.4 is 0 Å². The molecule has 1 atom stereocenters. The topological polar surface area (TPSA) is 20.2 Å². The van der Waals surface area contributed by atoms with Crippen LogP contribution in [0.25, 0.3) is 0 Å². The Kier molecular flexibility index (Phi) is 4.39. The number of hydrogen-bond donors (Lipinski definition) is 1. The first-order valence-electron chi connectivity index (χ1n) is 6.93. The van der Waals surface area contributed by atoms with Gasteiger partial charge in [0.25, 0.3) is 0 Å². The second-order valence-corrected chi connectivity index (χ2v) is 7.74. The summed E-state index contributed by atoms with van der Waals surface area (Å²) < 4.78 is 0. The molecular weight excluding hydrogens is 284 g/mol. The fourth-order valence-corrected chi connectivity index (χ4v) is 5.77. The van der Waals surface area contributed by atoms with Gasteiger partial charge in [0.15, 0.2) is 0 Å². The SMILES string of the molecule is OC(c1ccccc1)(c1ccccc1)C1CCCSS1. The standard InChI is InChI=1S/C17H18OS2/c18-17(14-8-3-1-4-9-14,15-10-5-2-6-11-15)16-12-7-13-19-20-16/h1-6,8-11,16,18H,7,12-13H2. The van der Waals surface area contributed by atoms with E-state index in [2.05, 4.69) is 0 Å². The molecule has 1 heterocycles. The number of aliphatic hydroxyl groups is 1. The summed E-state index contributed by atoms with van der Waals surface area (Å²) in [5.41, 5.74) is 1.08. The highest BCUT2D eigenvalue weighted by Gasteiger charge is 2.41. The van der Waals surface area contributed by atoms with Gasteiger partial charge in [0, 0.05) is 5.75 Å². The summed E-state index contributed by atoms with van der Waals surface area (Å²) in [6.07, 6.45) is 2.22. The van der Waals surface area contributed by atoms with Gasteiger partial charge in [0.2, 0.25) is 0 Å². The largest absolute Gasteiger partial charge is 0.379 e. The highest BCUT2D eigenvalue weighted by molar-refractivity contribution is 8.77. The minimum absolute atomic E-state index is 0.200. The van der Waals surface area contributed by atoms with E-state index in [0.29, 0.717) is 0 Å². The Balaban J connectivity index is 2.07. The lowest BCUT2D eigenvalue weighted by Gasteiger charge is -2.38. The van der Waals surface area contributed by atoms with Crippen molar-refractivity contribution in [3.8, 4) is 0 Å². The molecule has 1 saturated heterocycles. The molecule has 1 nitrogen and oxygen atoms in total. The molecule has 20 heavy (non-hydrogen) atoms. The van der Waals surface area contributed by atoms with Gasteiger partial charge in [-0.25, -0.2) is 0 Å². The van der Waals surface area contributed by atoms with E-state index in [1.807, 2.05) is 82.3 Å². The van der Waals surface area contributed by atoms with E-state index in [1.165, 1.54) is 12.2 Å². The Labute approximate surface area is 128 Å². The molecule has 2 aromatic rings. The zero-order valence-electron chi connectivity index (χ0n) is 11.2. The van der Waals surface area contributed by atoms with Crippen LogP contribution in [0.3, 0.4) is 0 Å². The third kappa shape index (κ3) is 2.62. The van der Waals surface area contributed by atoms with Gasteiger partial charge >= 0.3 is 0 Å². The van der Waals surface area contributed by atoms with Crippen LogP contribution in [0, 0.1) is 0 Å². The molecule has 0 amide bonds. The van der Waals surface area contributed by atoms with Crippen molar-refractivity contribution in [2.24, 2.45) is 0 Å². The van der Waals surface area contributed by atoms with Crippen molar-refractivity contribution in [1.82, 2.24) is 0 Å². The van der Waals surface area contributed by atoms with Crippen LogP contribution in [0.15, 0.2) is 60.7 Å². The summed E-state index contributed by atoms with van der Waals surface area (Å²) in [5, 5.41) is 11.7. The van der Waals surface area contributed by atoms with Crippen LogP contribution in [0.4, 0.5) is 0 Å². The Morgan fingerprint density at radius 1 is 0.900 bits per heavy atom. The van der Waals surface area contributed by atoms with E-state index in [9.17, 15) is 5.11 Å². The molecule has 1 N–H and O–H groups in total. The number of hydrogen-bond acceptors (Lipinski definition) is 3. The molecule has 0 radical (unpaired) electrons. The van der Waals surface area contributed by atoms with Crippen molar-refractivity contribution in [3.05, 3.63) is 71.8 Å². The average Bonchev–Trinajstić information content (AvgIpc) is 2.56. The van der Waals surface area contributed by atoms with Crippen molar-refractivity contribution < 1.29 is 5.11 Å². The maximum atomic E-state index is 11.5. The van der Waals surface area contributed by atoms with Crippen LogP contribution in [0.2, 0.25) is 0 Å². The minimum Gasteiger partial charge on any atom is -0.379 e. The third-order valence-electron chi connectivity index (χ3n) is 3.77. The summed E-state index contributed by atoms with van der Waals surface area (Å²) in [4.78, 5) is 0. The zero-order valence-corrected chi connectivity index (χ0v) is 12.9. The Morgan fingerprint density at radius 2 is 1.45 bits per heavy atom. The fraction of sp³-hybridized carbons (Fsp3) is 0.294. The van der Waals surface area contributed by atoms with Gasteiger partial charge in [-0.2, -0.15) is 0 Å². The van der Waals surface area contributed by atoms with E-state index in [0.717, 1.165) is 17.5 Å². The third-order valence-corrected chi connectivity index (χ3v) is 6.78. The van der Waals surface area contributed by atoms with Gasteiger partial charge in [-0.1, -0.05) is 82.3 Å². The number of benzene rings is 2. The molecule has 1 unspecified atom stereocenters. The minimum atomic E-state index is -0.902. The van der Waals surface area contributed by atoms with Crippen LogP contribution in [0.5, 0.6) is 0 Å². The molecule has 3 heteroatoms. The molecule has 0 aliphatic carbocycles. The molecule has 1 fully saturated rings. The molecule has 0 spiro atoms. The van der Waals surface area contributed by atoms with Crippen molar-refractivity contribution in [2.75, 3.05) is 5.75 Å². The van der Waals surface area contributed by atoms with E-state index >= 15 is 0 Å².